The monoisotopic (exact) mass is 278 g/mol. The van der Waals surface area contributed by atoms with Crippen LogP contribution in [0.1, 0.15) is 32.8 Å². The molecule has 0 aliphatic rings. The number of benzene rings is 1. The van der Waals surface area contributed by atoms with Gasteiger partial charge < -0.3 is 10.1 Å². The average Bonchev–Trinajstić information content (AvgIpc) is 2.38. The molecule has 0 saturated carbocycles. The molecular weight excluding hydrogens is 252 g/mol. The molecule has 0 saturated heterocycles. The van der Waals surface area contributed by atoms with Crippen LogP contribution in [0, 0.1) is 0 Å². The van der Waals surface area contributed by atoms with Crippen LogP contribution >= 0.6 is 0 Å². The van der Waals surface area contributed by atoms with Crippen molar-refractivity contribution in [2.45, 2.75) is 39.3 Å². The number of likely N-dealkylation sites (N-methyl/N-ethyl adjacent to an activating group) is 1. The highest BCUT2D eigenvalue weighted by Gasteiger charge is 2.18. The lowest BCUT2D eigenvalue weighted by Crippen LogP contribution is -2.46. The number of hydrogen-bond acceptors (Lipinski definition) is 3. The van der Waals surface area contributed by atoms with E-state index in [2.05, 4.69) is 12.2 Å². The fraction of sp³-hybridized carbons (Fsp3) is 0.562. The average molecular weight is 278 g/mol. The number of amides is 1. The Bertz CT molecular complexity index is 427. The predicted octanol–water partition coefficient (Wildman–Crippen LogP) is 2.43. The number of nitrogens with one attached hydrogen (secondary N) is 1. The summed E-state index contributed by atoms with van der Waals surface area (Å²) in [6.45, 7) is 7.28. The van der Waals surface area contributed by atoms with Crippen LogP contribution in [0.4, 0.5) is 0 Å². The van der Waals surface area contributed by atoms with E-state index in [1.54, 1.807) is 7.11 Å². The molecule has 0 fully saturated rings. The van der Waals surface area contributed by atoms with E-state index in [4.69, 9.17) is 4.74 Å². The third kappa shape index (κ3) is 5.61. The van der Waals surface area contributed by atoms with Gasteiger partial charge in [0.1, 0.15) is 5.75 Å². The van der Waals surface area contributed by atoms with Crippen molar-refractivity contribution in [3.05, 3.63) is 29.8 Å². The molecule has 0 unspecified atom stereocenters. The van der Waals surface area contributed by atoms with Gasteiger partial charge in [0, 0.05) is 12.1 Å². The third-order valence-electron chi connectivity index (χ3n) is 3.39. The van der Waals surface area contributed by atoms with Gasteiger partial charge in [0.15, 0.2) is 0 Å². The van der Waals surface area contributed by atoms with Crippen molar-refractivity contribution in [2.75, 3.05) is 20.7 Å². The van der Waals surface area contributed by atoms with Gasteiger partial charge in [0.25, 0.3) is 0 Å². The predicted molar refractivity (Wildman–Crippen MR) is 81.8 cm³/mol. The van der Waals surface area contributed by atoms with Crippen LogP contribution in [0.3, 0.4) is 0 Å². The minimum atomic E-state index is -0.141. The number of rotatable bonds is 7. The zero-order chi connectivity index (χ0) is 15.2. The second-order valence-electron chi connectivity index (χ2n) is 5.81. The Morgan fingerprint density at radius 2 is 1.90 bits per heavy atom. The molecule has 4 heteroatoms. The largest absolute Gasteiger partial charge is 0.497 e. The van der Waals surface area contributed by atoms with Gasteiger partial charge in [0.05, 0.1) is 13.7 Å². The zero-order valence-electron chi connectivity index (χ0n) is 13.2. The van der Waals surface area contributed by atoms with Crippen molar-refractivity contribution in [2.24, 2.45) is 0 Å². The second kappa shape index (κ2) is 7.29. The highest BCUT2D eigenvalue weighted by atomic mass is 16.5. The van der Waals surface area contributed by atoms with E-state index in [1.807, 2.05) is 50.1 Å². The number of hydrogen-bond donors (Lipinski definition) is 1. The van der Waals surface area contributed by atoms with Crippen molar-refractivity contribution in [1.82, 2.24) is 10.2 Å². The molecule has 0 heterocycles. The Kier molecular flexibility index (Phi) is 6.02. The topological polar surface area (TPSA) is 41.6 Å². The van der Waals surface area contributed by atoms with Crippen molar-refractivity contribution in [3.63, 3.8) is 0 Å². The van der Waals surface area contributed by atoms with E-state index in [0.717, 1.165) is 24.3 Å². The smallest absolute Gasteiger partial charge is 0.234 e. The molecule has 0 aliphatic heterocycles. The molecule has 4 nitrogen and oxygen atoms in total. The van der Waals surface area contributed by atoms with Crippen LogP contribution in [0.15, 0.2) is 24.3 Å². The highest BCUT2D eigenvalue weighted by Crippen LogP contribution is 2.12. The van der Waals surface area contributed by atoms with Crippen molar-refractivity contribution < 1.29 is 9.53 Å². The van der Waals surface area contributed by atoms with E-state index in [9.17, 15) is 4.79 Å². The van der Waals surface area contributed by atoms with Gasteiger partial charge >= 0.3 is 0 Å². The first-order valence-corrected chi connectivity index (χ1v) is 6.99. The van der Waals surface area contributed by atoms with E-state index >= 15 is 0 Å². The van der Waals surface area contributed by atoms with Crippen molar-refractivity contribution >= 4 is 5.91 Å². The summed E-state index contributed by atoms with van der Waals surface area (Å²) in [6.07, 6.45) is 0.918. The molecule has 1 N–H and O–H groups in total. The van der Waals surface area contributed by atoms with Crippen LogP contribution in [-0.2, 0) is 11.3 Å². The number of carbonyl (C=O) groups is 1. The summed E-state index contributed by atoms with van der Waals surface area (Å²) in [5.41, 5.74) is 1.02. The number of carbonyl (C=O) groups excluding carboxylic acids is 1. The number of ether oxygens (including phenoxy) is 1. The molecule has 1 aromatic rings. The molecule has 112 valence electrons. The van der Waals surface area contributed by atoms with Gasteiger partial charge in [-0.1, -0.05) is 19.1 Å². The van der Waals surface area contributed by atoms with Crippen LogP contribution in [-0.4, -0.2) is 37.0 Å². The molecule has 1 aromatic carbocycles. The summed E-state index contributed by atoms with van der Waals surface area (Å²) in [5.74, 6) is 0.909. The van der Waals surface area contributed by atoms with Gasteiger partial charge in [-0.2, -0.15) is 0 Å². The molecule has 0 radical (unpaired) electrons. The standard InChI is InChI=1S/C16H26N2O2/c1-6-16(2,3)17-15(19)12-18(4)11-13-7-9-14(20-5)10-8-13/h7-10H,6,11-12H2,1-5H3,(H,17,19). The van der Waals surface area contributed by atoms with Crippen LogP contribution < -0.4 is 10.1 Å². The van der Waals surface area contributed by atoms with E-state index < -0.39 is 0 Å². The Morgan fingerprint density at radius 3 is 2.40 bits per heavy atom. The minimum Gasteiger partial charge on any atom is -0.497 e. The first-order valence-electron chi connectivity index (χ1n) is 6.99. The molecule has 1 rings (SSSR count). The minimum absolute atomic E-state index is 0.0628. The van der Waals surface area contributed by atoms with Gasteiger partial charge in [-0.15, -0.1) is 0 Å². The Balaban J connectivity index is 2.46. The Labute approximate surface area is 122 Å². The van der Waals surface area contributed by atoms with E-state index in [1.165, 1.54) is 0 Å². The first-order chi connectivity index (χ1) is 9.36. The molecule has 0 atom stereocenters. The first kappa shape index (κ1) is 16.5. The van der Waals surface area contributed by atoms with Gasteiger partial charge in [-0.25, -0.2) is 0 Å². The maximum Gasteiger partial charge on any atom is 0.234 e. The van der Waals surface area contributed by atoms with Gasteiger partial charge in [0.2, 0.25) is 5.91 Å². The number of methoxy groups -OCH3 is 1. The van der Waals surface area contributed by atoms with E-state index in [-0.39, 0.29) is 11.4 Å². The lowest BCUT2D eigenvalue weighted by Gasteiger charge is -2.26. The normalized spacial score (nSPS) is 11.5. The molecule has 0 bridgehead atoms. The summed E-state index contributed by atoms with van der Waals surface area (Å²) < 4.78 is 5.13. The maximum atomic E-state index is 11.9. The lowest BCUT2D eigenvalue weighted by molar-refractivity contribution is -0.123. The van der Waals surface area contributed by atoms with Gasteiger partial charge in [-0.05, 0) is 45.0 Å². The molecule has 0 spiro atoms. The lowest BCUT2D eigenvalue weighted by atomic mass is 10.0. The summed E-state index contributed by atoms with van der Waals surface area (Å²) in [7, 11) is 3.60. The molecule has 20 heavy (non-hydrogen) atoms. The van der Waals surface area contributed by atoms with Crippen LogP contribution in [0.5, 0.6) is 5.75 Å². The number of nitrogens with zero attached hydrogens (tertiary/aromatic N) is 1. The van der Waals surface area contributed by atoms with Crippen LogP contribution in [0.2, 0.25) is 0 Å². The van der Waals surface area contributed by atoms with Crippen molar-refractivity contribution in [3.8, 4) is 5.75 Å². The maximum absolute atomic E-state index is 11.9. The van der Waals surface area contributed by atoms with E-state index in [0.29, 0.717) is 6.54 Å². The van der Waals surface area contributed by atoms with Crippen molar-refractivity contribution in [1.29, 1.82) is 0 Å². The third-order valence-corrected chi connectivity index (χ3v) is 3.39. The van der Waals surface area contributed by atoms with Crippen LogP contribution in [0.25, 0.3) is 0 Å². The molecular formula is C16H26N2O2. The summed E-state index contributed by atoms with van der Waals surface area (Å²) in [4.78, 5) is 13.9. The Hall–Kier alpha value is -1.55. The summed E-state index contributed by atoms with van der Waals surface area (Å²) in [5, 5.41) is 3.04. The Morgan fingerprint density at radius 1 is 1.30 bits per heavy atom. The molecule has 0 aromatic heterocycles. The second-order valence-corrected chi connectivity index (χ2v) is 5.81. The highest BCUT2D eigenvalue weighted by molar-refractivity contribution is 5.78. The molecule has 0 aliphatic carbocycles. The van der Waals surface area contributed by atoms with Gasteiger partial charge in [-0.3, -0.25) is 9.69 Å². The summed E-state index contributed by atoms with van der Waals surface area (Å²) in [6, 6.07) is 7.90. The SMILES string of the molecule is CCC(C)(C)NC(=O)CN(C)Cc1ccc(OC)cc1. The summed E-state index contributed by atoms with van der Waals surface area (Å²) >= 11 is 0. The fourth-order valence-corrected chi connectivity index (χ4v) is 1.85. The fourth-order valence-electron chi connectivity index (χ4n) is 1.85. The quantitative estimate of drug-likeness (QED) is 0.833. The molecule has 1 amide bonds. The zero-order valence-corrected chi connectivity index (χ0v) is 13.2.